The molecule has 2 aromatic carbocycles. The molecule has 128 valence electrons. The Balaban J connectivity index is 1.74. The number of rotatable bonds is 5. The van der Waals surface area contributed by atoms with Gasteiger partial charge >= 0.3 is 0 Å². The zero-order valence-electron chi connectivity index (χ0n) is 13.7. The third kappa shape index (κ3) is 3.97. The second-order valence-electron chi connectivity index (χ2n) is 5.62. The Morgan fingerprint density at radius 3 is 2.64 bits per heavy atom. The van der Waals surface area contributed by atoms with Crippen LogP contribution in [-0.4, -0.2) is 20.9 Å². The fourth-order valence-corrected chi connectivity index (χ4v) is 2.63. The van der Waals surface area contributed by atoms with Crippen molar-refractivity contribution in [3.05, 3.63) is 70.4 Å². The van der Waals surface area contributed by atoms with E-state index in [4.69, 9.17) is 17.3 Å². The van der Waals surface area contributed by atoms with Gasteiger partial charge in [0, 0.05) is 10.7 Å². The van der Waals surface area contributed by atoms with E-state index in [1.165, 1.54) is 10.2 Å². The van der Waals surface area contributed by atoms with Crippen LogP contribution in [0.1, 0.15) is 28.5 Å². The van der Waals surface area contributed by atoms with Crippen molar-refractivity contribution < 1.29 is 4.79 Å². The summed E-state index contributed by atoms with van der Waals surface area (Å²) >= 11 is 5.98. The van der Waals surface area contributed by atoms with Gasteiger partial charge in [-0.2, -0.15) is 0 Å². The first-order valence-electron chi connectivity index (χ1n) is 7.90. The molecular formula is C18H18ClN5O. The normalized spacial score (nSPS) is 10.6. The van der Waals surface area contributed by atoms with Crippen molar-refractivity contribution in [2.24, 2.45) is 0 Å². The van der Waals surface area contributed by atoms with Crippen LogP contribution in [-0.2, 0) is 13.0 Å². The second-order valence-corrected chi connectivity index (χ2v) is 6.05. The Morgan fingerprint density at radius 1 is 1.20 bits per heavy atom. The topological polar surface area (TPSA) is 85.8 Å². The highest BCUT2D eigenvalue weighted by Crippen LogP contribution is 2.16. The molecule has 0 saturated carbocycles. The summed E-state index contributed by atoms with van der Waals surface area (Å²) in [6.45, 7) is 2.46. The number of nitrogens with zero attached hydrogens (tertiary/aromatic N) is 3. The molecular weight excluding hydrogens is 338 g/mol. The number of nitrogens with one attached hydrogen (secondary N) is 1. The van der Waals surface area contributed by atoms with Crippen LogP contribution < -0.4 is 11.1 Å². The molecule has 0 aliphatic rings. The van der Waals surface area contributed by atoms with Crippen molar-refractivity contribution in [1.29, 1.82) is 0 Å². The molecule has 6 nitrogen and oxygen atoms in total. The van der Waals surface area contributed by atoms with Gasteiger partial charge in [-0.05, 0) is 41.8 Å². The quantitative estimate of drug-likeness (QED) is 0.734. The molecule has 0 radical (unpaired) electrons. The number of anilines is 2. The van der Waals surface area contributed by atoms with Gasteiger partial charge in [-0.3, -0.25) is 4.79 Å². The molecule has 0 unspecified atom stereocenters. The lowest BCUT2D eigenvalue weighted by Crippen LogP contribution is -2.15. The van der Waals surface area contributed by atoms with E-state index in [0.29, 0.717) is 17.3 Å². The van der Waals surface area contributed by atoms with E-state index in [2.05, 4.69) is 22.6 Å². The maximum atomic E-state index is 12.4. The van der Waals surface area contributed by atoms with Crippen molar-refractivity contribution in [2.45, 2.75) is 19.9 Å². The van der Waals surface area contributed by atoms with Gasteiger partial charge in [-0.25, -0.2) is 4.68 Å². The summed E-state index contributed by atoms with van der Waals surface area (Å²) < 4.78 is 1.47. The SMILES string of the molecule is CCc1ccc(NC(=O)c2nnn(Cc3cccc(Cl)c3)c2N)cc1. The number of carbonyl (C=O) groups excluding carboxylic acids is 1. The van der Waals surface area contributed by atoms with Gasteiger partial charge < -0.3 is 11.1 Å². The second kappa shape index (κ2) is 7.36. The van der Waals surface area contributed by atoms with Crippen LogP contribution in [0.4, 0.5) is 11.5 Å². The molecule has 3 N–H and O–H groups in total. The number of carbonyl (C=O) groups is 1. The molecule has 0 fully saturated rings. The zero-order valence-corrected chi connectivity index (χ0v) is 14.5. The lowest BCUT2D eigenvalue weighted by atomic mass is 10.1. The molecule has 3 rings (SSSR count). The minimum Gasteiger partial charge on any atom is -0.382 e. The molecule has 0 aliphatic heterocycles. The summed E-state index contributed by atoms with van der Waals surface area (Å²) in [7, 11) is 0. The molecule has 7 heteroatoms. The van der Waals surface area contributed by atoms with Crippen molar-refractivity contribution in [2.75, 3.05) is 11.1 Å². The first-order valence-corrected chi connectivity index (χ1v) is 8.28. The van der Waals surface area contributed by atoms with Gasteiger partial charge in [0.15, 0.2) is 11.5 Å². The highest BCUT2D eigenvalue weighted by molar-refractivity contribution is 6.30. The predicted octanol–water partition coefficient (Wildman–Crippen LogP) is 3.38. The van der Waals surface area contributed by atoms with Gasteiger partial charge in [0.1, 0.15) is 0 Å². The van der Waals surface area contributed by atoms with Crippen LogP contribution in [0.2, 0.25) is 5.02 Å². The van der Waals surface area contributed by atoms with Crippen molar-refractivity contribution in [1.82, 2.24) is 15.0 Å². The molecule has 0 atom stereocenters. The molecule has 0 aliphatic carbocycles. The lowest BCUT2D eigenvalue weighted by molar-refractivity contribution is 0.102. The Hall–Kier alpha value is -2.86. The fraction of sp³-hybridized carbons (Fsp3) is 0.167. The highest BCUT2D eigenvalue weighted by Gasteiger charge is 2.17. The molecule has 25 heavy (non-hydrogen) atoms. The molecule has 0 spiro atoms. The average molecular weight is 356 g/mol. The number of benzene rings is 2. The Labute approximate surface area is 150 Å². The predicted molar refractivity (Wildman–Crippen MR) is 98.8 cm³/mol. The van der Waals surface area contributed by atoms with Crippen molar-refractivity contribution in [3.63, 3.8) is 0 Å². The van der Waals surface area contributed by atoms with Crippen LogP contribution in [0.25, 0.3) is 0 Å². The number of hydrogen-bond donors (Lipinski definition) is 2. The van der Waals surface area contributed by atoms with Gasteiger partial charge in [-0.1, -0.05) is 48.0 Å². The Kier molecular flexibility index (Phi) is 5.00. The first kappa shape index (κ1) is 17.0. The summed E-state index contributed by atoms with van der Waals surface area (Å²) in [6, 6.07) is 15.0. The van der Waals surface area contributed by atoms with Gasteiger partial charge in [0.05, 0.1) is 6.54 Å². The van der Waals surface area contributed by atoms with Crippen molar-refractivity contribution >= 4 is 29.0 Å². The minimum absolute atomic E-state index is 0.0987. The summed E-state index contributed by atoms with van der Waals surface area (Å²) in [5.74, 6) is -0.179. The van der Waals surface area contributed by atoms with Crippen molar-refractivity contribution in [3.8, 4) is 0 Å². The monoisotopic (exact) mass is 355 g/mol. The fourth-order valence-electron chi connectivity index (χ4n) is 2.42. The smallest absolute Gasteiger partial charge is 0.280 e. The third-order valence-electron chi connectivity index (χ3n) is 3.83. The molecule has 1 heterocycles. The van der Waals surface area contributed by atoms with Gasteiger partial charge in [-0.15, -0.1) is 5.10 Å². The summed E-state index contributed by atoms with van der Waals surface area (Å²) in [4.78, 5) is 12.4. The number of hydrogen-bond acceptors (Lipinski definition) is 4. The summed E-state index contributed by atoms with van der Waals surface area (Å²) in [6.07, 6.45) is 0.943. The van der Waals surface area contributed by atoms with E-state index < -0.39 is 0 Å². The number of nitrogens with two attached hydrogens (primary N) is 1. The van der Waals surface area contributed by atoms with E-state index in [1.807, 2.05) is 42.5 Å². The number of amides is 1. The number of aryl methyl sites for hydroxylation is 1. The number of nitrogen functional groups attached to an aromatic ring is 1. The average Bonchev–Trinajstić information content (AvgIpc) is 2.96. The summed E-state index contributed by atoms with van der Waals surface area (Å²) in [5, 5.41) is 11.3. The maximum Gasteiger partial charge on any atom is 0.280 e. The number of halogens is 1. The Morgan fingerprint density at radius 2 is 1.96 bits per heavy atom. The standard InChI is InChI=1S/C18H18ClN5O/c1-2-12-6-8-15(9-7-12)21-18(25)16-17(20)24(23-22-16)11-13-4-3-5-14(19)10-13/h3-10H,2,11,20H2,1H3,(H,21,25). The van der Waals surface area contributed by atoms with Gasteiger partial charge in [0.2, 0.25) is 0 Å². The van der Waals surface area contributed by atoms with E-state index in [1.54, 1.807) is 6.07 Å². The van der Waals surface area contributed by atoms with Crippen LogP contribution in [0.3, 0.4) is 0 Å². The van der Waals surface area contributed by atoms with Crippen LogP contribution >= 0.6 is 11.6 Å². The zero-order chi connectivity index (χ0) is 17.8. The van der Waals surface area contributed by atoms with Crippen LogP contribution in [0, 0.1) is 0 Å². The Bertz CT molecular complexity index is 889. The molecule has 1 amide bonds. The van der Waals surface area contributed by atoms with E-state index in [0.717, 1.165) is 12.0 Å². The molecule has 1 aromatic heterocycles. The van der Waals surface area contributed by atoms with E-state index >= 15 is 0 Å². The van der Waals surface area contributed by atoms with Crippen LogP contribution in [0.5, 0.6) is 0 Å². The van der Waals surface area contributed by atoms with Crippen LogP contribution in [0.15, 0.2) is 48.5 Å². The molecule has 0 bridgehead atoms. The minimum atomic E-state index is -0.390. The summed E-state index contributed by atoms with van der Waals surface area (Å²) in [5.41, 5.74) is 8.94. The maximum absolute atomic E-state index is 12.4. The third-order valence-corrected chi connectivity index (χ3v) is 4.06. The molecule has 0 saturated heterocycles. The first-order chi connectivity index (χ1) is 12.1. The number of aromatic nitrogens is 3. The largest absolute Gasteiger partial charge is 0.382 e. The van der Waals surface area contributed by atoms with Gasteiger partial charge in [0.25, 0.3) is 5.91 Å². The highest BCUT2D eigenvalue weighted by atomic mass is 35.5. The van der Waals surface area contributed by atoms with E-state index in [9.17, 15) is 4.79 Å². The van der Waals surface area contributed by atoms with E-state index in [-0.39, 0.29) is 17.4 Å². The lowest BCUT2D eigenvalue weighted by Gasteiger charge is -2.06. The molecule has 3 aromatic rings.